The van der Waals surface area contributed by atoms with Gasteiger partial charge in [0.15, 0.2) is 0 Å². The monoisotopic (exact) mass is 471 g/mol. The van der Waals surface area contributed by atoms with E-state index in [-0.39, 0.29) is 29.5 Å². The normalized spacial score (nSPS) is 15.1. The molecule has 1 aliphatic heterocycles. The summed E-state index contributed by atoms with van der Waals surface area (Å²) in [7, 11) is -4.21. The molecule has 33 heavy (non-hydrogen) atoms. The molecule has 0 saturated carbocycles. The highest BCUT2D eigenvalue weighted by atomic mass is 32.2. The van der Waals surface area contributed by atoms with Crippen LogP contribution in [0.2, 0.25) is 0 Å². The zero-order valence-electron chi connectivity index (χ0n) is 18.9. The van der Waals surface area contributed by atoms with Crippen molar-refractivity contribution in [1.29, 1.82) is 0 Å². The van der Waals surface area contributed by atoms with Crippen molar-refractivity contribution < 1.29 is 22.8 Å². The quantitative estimate of drug-likeness (QED) is 0.665. The van der Waals surface area contributed by atoms with Gasteiger partial charge in [-0.05, 0) is 37.6 Å². The Morgan fingerprint density at radius 3 is 2.06 bits per heavy atom. The summed E-state index contributed by atoms with van der Waals surface area (Å²) in [5.41, 5.74) is 1.13. The fraction of sp³-hybridized carbons (Fsp3) is 0.375. The molecule has 0 radical (unpaired) electrons. The summed E-state index contributed by atoms with van der Waals surface area (Å²) in [4.78, 5) is 41.4. The molecular formula is C24H29N3O5S. The van der Waals surface area contributed by atoms with E-state index >= 15 is 0 Å². The number of benzene rings is 2. The van der Waals surface area contributed by atoms with Crippen LogP contribution in [0.1, 0.15) is 35.7 Å². The first kappa shape index (κ1) is 24.4. The van der Waals surface area contributed by atoms with Crippen molar-refractivity contribution in [1.82, 2.24) is 15.1 Å². The van der Waals surface area contributed by atoms with Crippen molar-refractivity contribution in [3.8, 4) is 0 Å². The van der Waals surface area contributed by atoms with Crippen molar-refractivity contribution >= 4 is 27.6 Å². The van der Waals surface area contributed by atoms with Crippen LogP contribution >= 0.6 is 0 Å². The number of carbonyl (C=O) groups excluding carboxylic acids is 3. The summed E-state index contributed by atoms with van der Waals surface area (Å²) in [5, 5.41) is 0.667. The van der Waals surface area contributed by atoms with Gasteiger partial charge in [-0.25, -0.2) is 8.42 Å². The lowest BCUT2D eigenvalue weighted by Gasteiger charge is -2.36. The van der Waals surface area contributed by atoms with Gasteiger partial charge >= 0.3 is 0 Å². The highest BCUT2D eigenvalue weighted by molar-refractivity contribution is 7.92. The second-order valence-electron chi connectivity index (χ2n) is 8.03. The maximum atomic E-state index is 13.4. The Balaban J connectivity index is 1.85. The van der Waals surface area contributed by atoms with E-state index < -0.39 is 27.0 Å². The van der Waals surface area contributed by atoms with E-state index in [2.05, 4.69) is 5.32 Å². The molecule has 1 N–H and O–H groups in total. The van der Waals surface area contributed by atoms with Crippen molar-refractivity contribution in [3.05, 3.63) is 65.7 Å². The van der Waals surface area contributed by atoms with Crippen molar-refractivity contribution in [2.75, 3.05) is 26.2 Å². The molecule has 9 heteroatoms. The molecule has 8 nitrogen and oxygen atoms in total. The second kappa shape index (κ2) is 10.6. The number of carbonyl (C=O) groups is 3. The Labute approximate surface area is 194 Å². The third kappa shape index (κ3) is 5.78. The van der Waals surface area contributed by atoms with Gasteiger partial charge in [0.1, 0.15) is 0 Å². The molecule has 0 spiro atoms. The largest absolute Gasteiger partial charge is 0.339 e. The first-order valence-electron chi connectivity index (χ1n) is 11.0. The molecule has 2 aromatic carbocycles. The predicted molar refractivity (Wildman–Crippen MR) is 124 cm³/mol. The molecule has 1 fully saturated rings. The van der Waals surface area contributed by atoms with Crippen molar-refractivity contribution in [2.45, 2.75) is 37.0 Å². The molecule has 1 saturated heterocycles. The number of hydrogen-bond donors (Lipinski definition) is 1. The summed E-state index contributed by atoms with van der Waals surface area (Å²) in [6, 6.07) is 14.3. The van der Waals surface area contributed by atoms with Gasteiger partial charge in [-0.15, -0.1) is 0 Å². The Morgan fingerprint density at radius 1 is 0.909 bits per heavy atom. The number of aryl methyl sites for hydroxylation is 1. The lowest BCUT2D eigenvalue weighted by atomic mass is 10.2. The van der Waals surface area contributed by atoms with Crippen LogP contribution in [0.3, 0.4) is 0 Å². The van der Waals surface area contributed by atoms with E-state index in [4.69, 9.17) is 0 Å². The Bertz CT molecular complexity index is 1090. The molecule has 1 aliphatic rings. The van der Waals surface area contributed by atoms with Crippen LogP contribution in [-0.4, -0.2) is 67.5 Å². The second-order valence-corrected chi connectivity index (χ2v) is 10.1. The SMILES string of the molecule is CCCC(=O)N1CCN(C(=O)C(NC(=O)c2ccccc2)S(=O)(=O)c2ccc(C)cc2)CC1. The van der Waals surface area contributed by atoms with E-state index in [9.17, 15) is 22.8 Å². The molecular weight excluding hydrogens is 442 g/mol. The van der Waals surface area contributed by atoms with Gasteiger partial charge in [-0.1, -0.05) is 42.8 Å². The van der Waals surface area contributed by atoms with Crippen LogP contribution < -0.4 is 5.32 Å². The summed E-state index contributed by atoms with van der Waals surface area (Å²) in [6.45, 7) is 4.82. The van der Waals surface area contributed by atoms with Gasteiger partial charge in [0.05, 0.1) is 4.90 Å². The van der Waals surface area contributed by atoms with Gasteiger partial charge in [0.2, 0.25) is 21.1 Å². The minimum atomic E-state index is -4.21. The Kier molecular flexibility index (Phi) is 7.86. The van der Waals surface area contributed by atoms with Crippen molar-refractivity contribution in [2.24, 2.45) is 0 Å². The topological polar surface area (TPSA) is 104 Å². The molecule has 0 aromatic heterocycles. The van der Waals surface area contributed by atoms with Crippen LogP contribution in [0, 0.1) is 6.92 Å². The minimum Gasteiger partial charge on any atom is -0.339 e. The number of piperazine rings is 1. The summed E-state index contributed by atoms with van der Waals surface area (Å²) >= 11 is 0. The van der Waals surface area contributed by atoms with Crippen LogP contribution in [0.4, 0.5) is 0 Å². The number of nitrogens with zero attached hydrogens (tertiary/aromatic N) is 2. The van der Waals surface area contributed by atoms with Crippen LogP contribution in [-0.2, 0) is 19.4 Å². The summed E-state index contributed by atoms with van der Waals surface area (Å²) in [6.07, 6.45) is 1.17. The fourth-order valence-electron chi connectivity index (χ4n) is 3.64. The highest BCUT2D eigenvalue weighted by Crippen LogP contribution is 2.19. The number of nitrogens with one attached hydrogen (secondary N) is 1. The zero-order chi connectivity index (χ0) is 24.0. The maximum Gasteiger partial charge on any atom is 0.261 e. The lowest BCUT2D eigenvalue weighted by Crippen LogP contribution is -2.57. The Morgan fingerprint density at radius 2 is 1.48 bits per heavy atom. The van der Waals surface area contributed by atoms with E-state index in [1.165, 1.54) is 17.0 Å². The van der Waals surface area contributed by atoms with Gasteiger partial charge in [-0.3, -0.25) is 14.4 Å². The molecule has 2 aromatic rings. The summed E-state index contributed by atoms with van der Waals surface area (Å²) < 4.78 is 26.9. The van der Waals surface area contributed by atoms with E-state index in [1.54, 1.807) is 47.4 Å². The van der Waals surface area contributed by atoms with E-state index in [0.717, 1.165) is 12.0 Å². The van der Waals surface area contributed by atoms with Gasteiger partial charge in [-0.2, -0.15) is 0 Å². The standard InChI is InChI=1S/C24H29N3O5S/c1-3-7-21(28)26-14-16-27(17-15-26)24(30)23(25-22(29)19-8-5-4-6-9-19)33(31,32)20-12-10-18(2)11-13-20/h4-6,8-13,23H,3,7,14-17H2,1-2H3,(H,25,29). The van der Waals surface area contributed by atoms with Crippen molar-refractivity contribution in [3.63, 3.8) is 0 Å². The number of amides is 3. The molecule has 1 unspecified atom stereocenters. The predicted octanol–water partition coefficient (Wildman–Crippen LogP) is 2.00. The van der Waals surface area contributed by atoms with Crippen LogP contribution in [0.5, 0.6) is 0 Å². The molecule has 1 atom stereocenters. The van der Waals surface area contributed by atoms with E-state index in [0.29, 0.717) is 19.5 Å². The zero-order valence-corrected chi connectivity index (χ0v) is 19.7. The fourth-order valence-corrected chi connectivity index (χ4v) is 5.11. The molecule has 3 rings (SSSR count). The molecule has 3 amide bonds. The minimum absolute atomic E-state index is 0.0193. The average molecular weight is 472 g/mol. The molecule has 1 heterocycles. The van der Waals surface area contributed by atoms with E-state index in [1.807, 2.05) is 13.8 Å². The van der Waals surface area contributed by atoms with Crippen LogP contribution in [0.15, 0.2) is 59.5 Å². The number of rotatable bonds is 7. The Hall–Kier alpha value is -3.20. The maximum absolute atomic E-state index is 13.4. The number of sulfone groups is 1. The van der Waals surface area contributed by atoms with Gasteiger partial charge < -0.3 is 15.1 Å². The lowest BCUT2D eigenvalue weighted by molar-refractivity contribution is -0.139. The summed E-state index contributed by atoms with van der Waals surface area (Å²) in [5.74, 6) is -1.34. The molecule has 0 bridgehead atoms. The van der Waals surface area contributed by atoms with Crippen LogP contribution in [0.25, 0.3) is 0 Å². The highest BCUT2D eigenvalue weighted by Gasteiger charge is 2.39. The third-order valence-corrected chi connectivity index (χ3v) is 7.46. The smallest absolute Gasteiger partial charge is 0.261 e. The average Bonchev–Trinajstić information content (AvgIpc) is 2.83. The number of hydrogen-bond acceptors (Lipinski definition) is 5. The van der Waals surface area contributed by atoms with Gasteiger partial charge in [0.25, 0.3) is 11.8 Å². The first-order chi connectivity index (χ1) is 15.7. The van der Waals surface area contributed by atoms with Gasteiger partial charge in [0, 0.05) is 38.2 Å². The molecule has 176 valence electrons. The third-order valence-electron chi connectivity index (χ3n) is 5.59. The first-order valence-corrected chi connectivity index (χ1v) is 12.5. The molecule has 0 aliphatic carbocycles.